The summed E-state index contributed by atoms with van der Waals surface area (Å²) < 4.78 is 0. The van der Waals surface area contributed by atoms with Crippen molar-refractivity contribution in [3.05, 3.63) is 94.8 Å². The second kappa shape index (κ2) is 8.54. The SMILES string of the molecule is Cc1ccccc1/C=C/C=C/Cn1nnc(Cc2ccc(C#N)cc2)n1. The average Bonchev–Trinajstić information content (AvgIpc) is 3.11. The van der Waals surface area contributed by atoms with Crippen LogP contribution in [0.15, 0.2) is 66.8 Å². The maximum atomic E-state index is 8.82. The fourth-order valence-corrected chi connectivity index (χ4v) is 2.47. The van der Waals surface area contributed by atoms with Crippen molar-refractivity contribution >= 4 is 6.08 Å². The summed E-state index contributed by atoms with van der Waals surface area (Å²) in [6.07, 6.45) is 8.66. The van der Waals surface area contributed by atoms with Gasteiger partial charge in [0.2, 0.25) is 0 Å². The van der Waals surface area contributed by atoms with Crippen LogP contribution in [0.3, 0.4) is 0 Å². The van der Waals surface area contributed by atoms with Gasteiger partial charge in [0.25, 0.3) is 0 Å². The van der Waals surface area contributed by atoms with Gasteiger partial charge in [0, 0.05) is 6.42 Å². The van der Waals surface area contributed by atoms with Crippen LogP contribution in [-0.2, 0) is 13.0 Å². The first-order valence-corrected chi connectivity index (χ1v) is 8.39. The zero-order chi connectivity index (χ0) is 18.2. The molecule has 5 nitrogen and oxygen atoms in total. The van der Waals surface area contributed by atoms with Crippen molar-refractivity contribution in [3.8, 4) is 6.07 Å². The van der Waals surface area contributed by atoms with E-state index in [-0.39, 0.29) is 0 Å². The molecule has 0 aliphatic carbocycles. The van der Waals surface area contributed by atoms with Crippen LogP contribution in [0.25, 0.3) is 6.08 Å². The number of tetrazole rings is 1. The molecule has 26 heavy (non-hydrogen) atoms. The number of aryl methyl sites for hydroxylation is 1. The van der Waals surface area contributed by atoms with Crippen LogP contribution >= 0.6 is 0 Å². The first-order chi connectivity index (χ1) is 12.7. The van der Waals surface area contributed by atoms with E-state index in [0.717, 1.165) is 5.56 Å². The lowest BCUT2D eigenvalue weighted by Crippen LogP contribution is -2.00. The van der Waals surface area contributed by atoms with Crippen LogP contribution in [0.1, 0.15) is 28.1 Å². The topological polar surface area (TPSA) is 67.4 Å². The monoisotopic (exact) mass is 341 g/mol. The Morgan fingerprint density at radius 2 is 1.88 bits per heavy atom. The first-order valence-electron chi connectivity index (χ1n) is 8.39. The molecule has 1 heterocycles. The van der Waals surface area contributed by atoms with Crippen molar-refractivity contribution in [1.29, 1.82) is 5.26 Å². The third kappa shape index (κ3) is 4.74. The number of hydrogen-bond donors (Lipinski definition) is 0. The number of benzene rings is 2. The Labute approximate surface area is 152 Å². The lowest BCUT2D eigenvalue weighted by molar-refractivity contribution is 0.580. The minimum Gasteiger partial charge on any atom is -0.192 e. The highest BCUT2D eigenvalue weighted by atomic mass is 15.6. The highest BCUT2D eigenvalue weighted by Gasteiger charge is 2.03. The molecule has 0 fully saturated rings. The van der Waals surface area contributed by atoms with E-state index in [1.807, 2.05) is 42.5 Å². The fourth-order valence-electron chi connectivity index (χ4n) is 2.47. The molecule has 0 bridgehead atoms. The molecule has 0 saturated carbocycles. The predicted molar refractivity (Wildman–Crippen MR) is 101 cm³/mol. The molecule has 2 aromatic carbocycles. The number of allylic oxidation sites excluding steroid dienone is 3. The van der Waals surface area contributed by atoms with E-state index in [9.17, 15) is 0 Å². The van der Waals surface area contributed by atoms with Gasteiger partial charge in [-0.2, -0.15) is 10.1 Å². The third-order valence-corrected chi connectivity index (χ3v) is 3.92. The molecule has 0 unspecified atom stereocenters. The maximum absolute atomic E-state index is 8.82. The number of rotatable bonds is 6. The quantitative estimate of drug-likeness (QED) is 0.641. The van der Waals surface area contributed by atoms with Gasteiger partial charge < -0.3 is 0 Å². The summed E-state index contributed by atoms with van der Waals surface area (Å²) in [7, 11) is 0. The van der Waals surface area contributed by atoms with Crippen molar-refractivity contribution < 1.29 is 0 Å². The molecule has 3 aromatic rings. The van der Waals surface area contributed by atoms with Crippen LogP contribution in [0.5, 0.6) is 0 Å². The normalized spacial score (nSPS) is 11.2. The van der Waals surface area contributed by atoms with Gasteiger partial charge in [-0.3, -0.25) is 0 Å². The molecule has 0 spiro atoms. The third-order valence-electron chi connectivity index (χ3n) is 3.92. The zero-order valence-electron chi connectivity index (χ0n) is 14.6. The van der Waals surface area contributed by atoms with E-state index < -0.39 is 0 Å². The van der Waals surface area contributed by atoms with Crippen LogP contribution in [0.2, 0.25) is 0 Å². The number of nitriles is 1. The summed E-state index contributed by atoms with van der Waals surface area (Å²) in [5.41, 5.74) is 4.16. The van der Waals surface area contributed by atoms with Crippen molar-refractivity contribution in [2.75, 3.05) is 0 Å². The molecule has 3 rings (SSSR count). The standard InChI is InChI=1S/C21H19N5/c1-17-7-4-5-9-20(17)8-3-2-6-14-26-24-21(23-25-26)15-18-10-12-19(16-22)13-11-18/h2-13H,14-15H2,1H3/b6-2+,8-3+. The lowest BCUT2D eigenvalue weighted by Gasteiger charge is -1.97. The Morgan fingerprint density at radius 3 is 2.65 bits per heavy atom. The van der Waals surface area contributed by atoms with Gasteiger partial charge in [-0.15, -0.1) is 10.2 Å². The van der Waals surface area contributed by atoms with Crippen molar-refractivity contribution in [2.24, 2.45) is 0 Å². The lowest BCUT2D eigenvalue weighted by atomic mass is 10.1. The summed E-state index contributed by atoms with van der Waals surface area (Å²) >= 11 is 0. The number of hydrogen-bond acceptors (Lipinski definition) is 4. The smallest absolute Gasteiger partial charge is 0.179 e. The summed E-state index contributed by atoms with van der Waals surface area (Å²) in [6, 6.07) is 17.8. The molecule has 0 atom stereocenters. The molecule has 1 aromatic heterocycles. The van der Waals surface area contributed by atoms with E-state index in [4.69, 9.17) is 5.26 Å². The maximum Gasteiger partial charge on any atom is 0.179 e. The van der Waals surface area contributed by atoms with Gasteiger partial charge in [-0.25, -0.2) is 0 Å². The summed E-state index contributed by atoms with van der Waals surface area (Å²) in [5.74, 6) is 0.665. The fraction of sp³-hybridized carbons (Fsp3) is 0.143. The molecule has 0 N–H and O–H groups in total. The van der Waals surface area contributed by atoms with E-state index in [1.165, 1.54) is 11.1 Å². The summed E-state index contributed by atoms with van der Waals surface area (Å²) in [6.45, 7) is 2.66. The summed E-state index contributed by atoms with van der Waals surface area (Å²) in [4.78, 5) is 1.57. The Morgan fingerprint density at radius 1 is 1.08 bits per heavy atom. The van der Waals surface area contributed by atoms with Crippen molar-refractivity contribution in [3.63, 3.8) is 0 Å². The molecule has 0 radical (unpaired) electrons. The molecule has 0 saturated heterocycles. The first kappa shape index (κ1) is 17.3. The van der Waals surface area contributed by atoms with E-state index in [0.29, 0.717) is 24.4 Å². The molecule has 0 aliphatic heterocycles. The van der Waals surface area contributed by atoms with Gasteiger partial charge >= 0.3 is 0 Å². The number of aromatic nitrogens is 4. The van der Waals surface area contributed by atoms with Gasteiger partial charge in [0.15, 0.2) is 5.82 Å². The molecule has 0 amide bonds. The van der Waals surface area contributed by atoms with Gasteiger partial charge in [0.1, 0.15) is 0 Å². The number of nitrogens with zero attached hydrogens (tertiary/aromatic N) is 5. The minimum absolute atomic E-state index is 0.568. The highest BCUT2D eigenvalue weighted by Crippen LogP contribution is 2.09. The summed E-state index contributed by atoms with van der Waals surface area (Å²) in [5, 5.41) is 21.3. The van der Waals surface area contributed by atoms with Gasteiger partial charge in [-0.05, 0) is 41.0 Å². The molecular formula is C21H19N5. The van der Waals surface area contributed by atoms with Gasteiger partial charge in [0.05, 0.1) is 18.2 Å². The second-order valence-electron chi connectivity index (χ2n) is 5.89. The largest absolute Gasteiger partial charge is 0.192 e. The Hall–Kier alpha value is -3.52. The van der Waals surface area contributed by atoms with Crippen LogP contribution in [0, 0.1) is 18.3 Å². The molecular weight excluding hydrogens is 322 g/mol. The predicted octanol–water partition coefficient (Wildman–Crippen LogP) is 3.71. The Balaban J connectivity index is 1.53. The Kier molecular flexibility index (Phi) is 5.69. The second-order valence-corrected chi connectivity index (χ2v) is 5.89. The molecule has 0 aliphatic rings. The van der Waals surface area contributed by atoms with E-state index in [1.54, 1.807) is 16.9 Å². The zero-order valence-corrected chi connectivity index (χ0v) is 14.6. The average molecular weight is 341 g/mol. The Bertz CT molecular complexity index is 959. The van der Waals surface area contributed by atoms with E-state index in [2.05, 4.69) is 46.6 Å². The van der Waals surface area contributed by atoms with Crippen molar-refractivity contribution in [1.82, 2.24) is 20.2 Å². The van der Waals surface area contributed by atoms with Crippen molar-refractivity contribution in [2.45, 2.75) is 19.9 Å². The molecule has 5 heteroatoms. The van der Waals surface area contributed by atoms with Crippen LogP contribution in [0.4, 0.5) is 0 Å². The minimum atomic E-state index is 0.568. The highest BCUT2D eigenvalue weighted by molar-refractivity contribution is 5.54. The van der Waals surface area contributed by atoms with Gasteiger partial charge in [-0.1, -0.05) is 60.7 Å². The molecule has 128 valence electrons. The van der Waals surface area contributed by atoms with Crippen LogP contribution < -0.4 is 0 Å². The van der Waals surface area contributed by atoms with Crippen LogP contribution in [-0.4, -0.2) is 20.2 Å². The van der Waals surface area contributed by atoms with E-state index >= 15 is 0 Å².